The maximum Gasteiger partial charge on any atom is 0.647 e. The minimum atomic E-state index is -4.05. The second-order valence-electron chi connectivity index (χ2n) is 7.28. The van der Waals surface area contributed by atoms with Gasteiger partial charge in [-0.25, -0.2) is 0 Å². The smallest absolute Gasteiger partial charge is 0.386 e. The molecule has 0 bridgehead atoms. The molecule has 0 N–H and O–H groups in total. The second-order valence-corrected chi connectivity index (χ2v) is 8.73. The van der Waals surface area contributed by atoms with Gasteiger partial charge < -0.3 is 13.6 Å². The Bertz CT molecular complexity index is 1240. The number of fused-ring (bicyclic) bond motifs is 1. The van der Waals surface area contributed by atoms with Crippen LogP contribution in [0.1, 0.15) is 16.7 Å². The third-order valence-corrected chi connectivity index (χ3v) is 5.98. The highest BCUT2D eigenvalue weighted by Crippen LogP contribution is 2.51. The Morgan fingerprint density at radius 3 is 2.13 bits per heavy atom. The van der Waals surface area contributed by atoms with Crippen LogP contribution in [-0.4, -0.2) is 0 Å². The fourth-order valence-electron chi connectivity index (χ4n) is 3.28. The summed E-state index contributed by atoms with van der Waals surface area (Å²) >= 11 is 0. The summed E-state index contributed by atoms with van der Waals surface area (Å²) in [7, 11) is -4.05. The first-order valence-electron chi connectivity index (χ1n) is 9.72. The SMILES string of the molecule is Cc1cccc(OP(=O)(Oc2ccc(C)cc2C)Oc2cccc3ccccc23)c1. The van der Waals surface area contributed by atoms with Gasteiger partial charge in [0.25, 0.3) is 0 Å². The number of rotatable bonds is 6. The Balaban J connectivity index is 1.75. The molecule has 0 amide bonds. The third kappa shape index (κ3) is 4.50. The van der Waals surface area contributed by atoms with E-state index in [-0.39, 0.29) is 0 Å². The molecule has 1 unspecified atom stereocenters. The summed E-state index contributed by atoms with van der Waals surface area (Å²) in [5.74, 6) is 1.31. The van der Waals surface area contributed by atoms with E-state index in [0.29, 0.717) is 17.2 Å². The average Bonchev–Trinajstić information content (AvgIpc) is 2.70. The molecule has 5 heteroatoms. The Morgan fingerprint density at radius 2 is 1.33 bits per heavy atom. The second kappa shape index (κ2) is 8.25. The van der Waals surface area contributed by atoms with Crippen molar-refractivity contribution >= 4 is 18.6 Å². The molecule has 0 spiro atoms. The molecule has 0 heterocycles. The highest BCUT2D eigenvalue weighted by Gasteiger charge is 2.34. The van der Waals surface area contributed by atoms with Crippen LogP contribution < -0.4 is 13.6 Å². The summed E-state index contributed by atoms with van der Waals surface area (Å²) in [4.78, 5) is 0. The molecule has 0 aromatic heterocycles. The molecular formula is C25H23O4P. The van der Waals surface area contributed by atoms with Crippen molar-refractivity contribution in [2.75, 3.05) is 0 Å². The molecule has 0 radical (unpaired) electrons. The van der Waals surface area contributed by atoms with Crippen LogP contribution in [0.3, 0.4) is 0 Å². The van der Waals surface area contributed by atoms with E-state index in [4.69, 9.17) is 13.6 Å². The van der Waals surface area contributed by atoms with Crippen molar-refractivity contribution in [3.8, 4) is 17.2 Å². The van der Waals surface area contributed by atoms with Crippen molar-refractivity contribution in [3.63, 3.8) is 0 Å². The van der Waals surface area contributed by atoms with Crippen LogP contribution in [0.4, 0.5) is 0 Å². The van der Waals surface area contributed by atoms with E-state index in [1.807, 2.05) is 81.4 Å². The van der Waals surface area contributed by atoms with E-state index in [1.54, 1.807) is 24.3 Å². The molecule has 4 rings (SSSR count). The first-order valence-corrected chi connectivity index (χ1v) is 11.2. The van der Waals surface area contributed by atoms with Crippen LogP contribution in [0, 0.1) is 20.8 Å². The van der Waals surface area contributed by atoms with E-state index >= 15 is 0 Å². The molecule has 0 aliphatic carbocycles. The highest BCUT2D eigenvalue weighted by atomic mass is 31.2. The fourth-order valence-corrected chi connectivity index (χ4v) is 4.60. The minimum absolute atomic E-state index is 0.420. The van der Waals surface area contributed by atoms with Gasteiger partial charge in [0.1, 0.15) is 17.2 Å². The van der Waals surface area contributed by atoms with E-state index in [9.17, 15) is 4.57 Å². The van der Waals surface area contributed by atoms with Crippen LogP contribution >= 0.6 is 7.82 Å². The van der Waals surface area contributed by atoms with Gasteiger partial charge in [0.2, 0.25) is 0 Å². The molecular weight excluding hydrogens is 395 g/mol. The minimum Gasteiger partial charge on any atom is -0.386 e. The van der Waals surface area contributed by atoms with Gasteiger partial charge >= 0.3 is 7.82 Å². The molecule has 4 aromatic rings. The maximum atomic E-state index is 13.8. The summed E-state index contributed by atoms with van der Waals surface area (Å²) in [6, 6.07) is 26.3. The lowest BCUT2D eigenvalue weighted by Crippen LogP contribution is -2.08. The zero-order chi connectivity index (χ0) is 21.1. The van der Waals surface area contributed by atoms with Crippen LogP contribution in [-0.2, 0) is 4.57 Å². The number of benzene rings is 4. The van der Waals surface area contributed by atoms with Crippen LogP contribution in [0.15, 0.2) is 84.9 Å². The van der Waals surface area contributed by atoms with E-state index in [1.165, 1.54) is 0 Å². The summed E-state index contributed by atoms with van der Waals surface area (Å²) in [5.41, 5.74) is 2.92. The molecule has 30 heavy (non-hydrogen) atoms. The Morgan fingerprint density at radius 1 is 0.633 bits per heavy atom. The Labute approximate surface area is 176 Å². The first kappa shape index (κ1) is 20.1. The predicted molar refractivity (Wildman–Crippen MR) is 121 cm³/mol. The molecule has 0 saturated heterocycles. The monoisotopic (exact) mass is 418 g/mol. The van der Waals surface area contributed by atoms with Gasteiger partial charge in [-0.15, -0.1) is 0 Å². The summed E-state index contributed by atoms with van der Waals surface area (Å²) in [5, 5.41) is 1.81. The van der Waals surface area contributed by atoms with Gasteiger partial charge in [0.05, 0.1) is 0 Å². The molecule has 1 atom stereocenters. The molecule has 0 saturated carbocycles. The summed E-state index contributed by atoms with van der Waals surface area (Å²) in [6.45, 7) is 5.83. The lowest BCUT2D eigenvalue weighted by atomic mass is 10.1. The molecule has 4 nitrogen and oxygen atoms in total. The van der Waals surface area contributed by atoms with E-state index < -0.39 is 7.82 Å². The number of phosphoric acid groups is 1. The Kier molecular flexibility index (Phi) is 5.52. The van der Waals surface area contributed by atoms with Crippen molar-refractivity contribution in [1.82, 2.24) is 0 Å². The van der Waals surface area contributed by atoms with Gasteiger partial charge in [0, 0.05) is 5.39 Å². The average molecular weight is 418 g/mol. The van der Waals surface area contributed by atoms with Crippen molar-refractivity contribution in [2.45, 2.75) is 20.8 Å². The lowest BCUT2D eigenvalue weighted by molar-refractivity contribution is 0.299. The van der Waals surface area contributed by atoms with Gasteiger partial charge in [-0.05, 0) is 61.5 Å². The number of hydrogen-bond acceptors (Lipinski definition) is 4. The molecule has 0 fully saturated rings. The largest absolute Gasteiger partial charge is 0.647 e. The van der Waals surface area contributed by atoms with Crippen LogP contribution in [0.25, 0.3) is 10.8 Å². The predicted octanol–water partition coefficient (Wildman–Crippen LogP) is 7.41. The quantitative estimate of drug-likeness (QED) is 0.306. The molecule has 0 aliphatic heterocycles. The third-order valence-electron chi connectivity index (χ3n) is 4.71. The highest BCUT2D eigenvalue weighted by molar-refractivity contribution is 7.49. The molecule has 152 valence electrons. The van der Waals surface area contributed by atoms with Gasteiger partial charge in [-0.2, -0.15) is 4.57 Å². The zero-order valence-corrected chi connectivity index (χ0v) is 18.1. The Hall–Kier alpha value is -3.23. The topological polar surface area (TPSA) is 44.8 Å². The number of aryl methyl sites for hydroxylation is 3. The summed E-state index contributed by atoms with van der Waals surface area (Å²) in [6.07, 6.45) is 0. The lowest BCUT2D eigenvalue weighted by Gasteiger charge is -2.21. The van der Waals surface area contributed by atoms with E-state index in [0.717, 1.165) is 27.5 Å². The summed E-state index contributed by atoms with van der Waals surface area (Å²) < 4.78 is 31.5. The molecule has 0 aliphatic rings. The number of hydrogen-bond donors (Lipinski definition) is 0. The van der Waals surface area contributed by atoms with Crippen molar-refractivity contribution in [1.29, 1.82) is 0 Å². The van der Waals surface area contributed by atoms with Crippen molar-refractivity contribution < 1.29 is 18.1 Å². The first-order chi connectivity index (χ1) is 14.4. The fraction of sp³-hybridized carbons (Fsp3) is 0.120. The van der Waals surface area contributed by atoms with Crippen molar-refractivity contribution in [3.05, 3.63) is 102 Å². The van der Waals surface area contributed by atoms with Gasteiger partial charge in [-0.3, -0.25) is 0 Å². The van der Waals surface area contributed by atoms with Gasteiger partial charge in [-0.1, -0.05) is 66.2 Å². The zero-order valence-electron chi connectivity index (χ0n) is 17.2. The normalized spacial score (nSPS) is 12.9. The van der Waals surface area contributed by atoms with Crippen molar-refractivity contribution in [2.24, 2.45) is 0 Å². The van der Waals surface area contributed by atoms with Crippen LogP contribution in [0.2, 0.25) is 0 Å². The molecule has 4 aromatic carbocycles. The van der Waals surface area contributed by atoms with Gasteiger partial charge in [0.15, 0.2) is 0 Å². The van der Waals surface area contributed by atoms with Crippen LogP contribution in [0.5, 0.6) is 17.2 Å². The number of phosphoric ester groups is 1. The maximum absolute atomic E-state index is 13.8. The standard InChI is InChI=1S/C25H23O4P/c1-18-8-6-11-22(17-18)27-30(26,28-24-15-14-19(2)16-20(24)3)29-25-13-7-10-21-9-4-5-12-23(21)25/h4-17H,1-3H3. The van der Waals surface area contributed by atoms with E-state index in [2.05, 4.69) is 0 Å².